The van der Waals surface area contributed by atoms with Crippen molar-refractivity contribution >= 4 is 0 Å². The molecule has 98 valence electrons. The van der Waals surface area contributed by atoms with Crippen molar-refractivity contribution < 1.29 is 13.2 Å². The summed E-state index contributed by atoms with van der Waals surface area (Å²) >= 11 is 0. The topological polar surface area (TPSA) is 26.0 Å². The minimum atomic E-state index is -0.914. The third kappa shape index (κ3) is 1.92. The molecule has 2 aromatic carbocycles. The summed E-state index contributed by atoms with van der Waals surface area (Å²) in [5.41, 5.74) is 8.02. The zero-order valence-corrected chi connectivity index (χ0v) is 10.1. The first-order valence-electron chi connectivity index (χ1n) is 6.10. The molecule has 1 aliphatic rings. The molecule has 0 aromatic heterocycles. The molecular formula is C15H12F3N. The van der Waals surface area contributed by atoms with Gasteiger partial charge in [-0.3, -0.25) is 0 Å². The van der Waals surface area contributed by atoms with Gasteiger partial charge in [0.2, 0.25) is 0 Å². The summed E-state index contributed by atoms with van der Waals surface area (Å²) in [6.07, 6.45) is 1.44. The second-order valence-corrected chi connectivity index (χ2v) is 4.76. The van der Waals surface area contributed by atoms with Gasteiger partial charge >= 0.3 is 0 Å². The molecule has 2 aromatic rings. The van der Waals surface area contributed by atoms with Crippen LogP contribution in [-0.4, -0.2) is 0 Å². The summed E-state index contributed by atoms with van der Waals surface area (Å²) in [5.74, 6) is -2.68. The van der Waals surface area contributed by atoms with Crippen LogP contribution in [0, 0.1) is 17.5 Å². The summed E-state index contributed by atoms with van der Waals surface area (Å²) in [6, 6.07) is 6.55. The lowest BCUT2D eigenvalue weighted by molar-refractivity contribution is 0.548. The second-order valence-electron chi connectivity index (χ2n) is 4.76. The van der Waals surface area contributed by atoms with Crippen molar-refractivity contribution in [3.8, 4) is 11.1 Å². The van der Waals surface area contributed by atoms with Gasteiger partial charge in [0.05, 0.1) is 5.56 Å². The number of fused-ring (bicyclic) bond motifs is 1. The molecule has 0 aliphatic heterocycles. The Morgan fingerprint density at radius 1 is 1.05 bits per heavy atom. The standard InChI is InChI=1S/C15H12F3N/c16-8-6-12(17)15(13(18)7-8)11-3-1-2-10-9(11)4-5-14(10)19/h1-3,6-7,14H,4-5,19H2. The fourth-order valence-corrected chi connectivity index (χ4v) is 2.72. The highest BCUT2D eigenvalue weighted by Crippen LogP contribution is 2.38. The Balaban J connectivity index is 2.25. The van der Waals surface area contributed by atoms with Crippen molar-refractivity contribution in [1.82, 2.24) is 0 Å². The van der Waals surface area contributed by atoms with E-state index in [1.54, 1.807) is 12.1 Å². The number of hydrogen-bond donors (Lipinski definition) is 1. The lowest BCUT2D eigenvalue weighted by atomic mass is 9.95. The number of hydrogen-bond acceptors (Lipinski definition) is 1. The van der Waals surface area contributed by atoms with E-state index in [4.69, 9.17) is 5.73 Å². The van der Waals surface area contributed by atoms with Crippen molar-refractivity contribution in [2.45, 2.75) is 18.9 Å². The van der Waals surface area contributed by atoms with E-state index in [-0.39, 0.29) is 11.6 Å². The maximum atomic E-state index is 13.9. The molecule has 1 atom stereocenters. The van der Waals surface area contributed by atoms with E-state index in [1.807, 2.05) is 6.07 Å². The Bertz CT molecular complexity index is 629. The van der Waals surface area contributed by atoms with E-state index in [9.17, 15) is 13.2 Å². The molecule has 4 heteroatoms. The number of halogens is 3. The van der Waals surface area contributed by atoms with E-state index in [0.717, 1.165) is 17.5 Å². The van der Waals surface area contributed by atoms with Crippen LogP contribution in [0.5, 0.6) is 0 Å². The smallest absolute Gasteiger partial charge is 0.136 e. The van der Waals surface area contributed by atoms with Crippen molar-refractivity contribution in [2.24, 2.45) is 5.73 Å². The van der Waals surface area contributed by atoms with E-state index in [0.29, 0.717) is 24.1 Å². The van der Waals surface area contributed by atoms with E-state index < -0.39 is 17.5 Å². The van der Waals surface area contributed by atoms with Crippen LogP contribution in [0.2, 0.25) is 0 Å². The Morgan fingerprint density at radius 3 is 2.42 bits per heavy atom. The Labute approximate surface area is 108 Å². The van der Waals surface area contributed by atoms with Crippen LogP contribution in [0.4, 0.5) is 13.2 Å². The molecule has 0 bridgehead atoms. The monoisotopic (exact) mass is 263 g/mol. The third-order valence-electron chi connectivity index (χ3n) is 3.59. The molecule has 19 heavy (non-hydrogen) atoms. The van der Waals surface area contributed by atoms with Crippen LogP contribution >= 0.6 is 0 Å². The fraction of sp³-hybridized carbons (Fsp3) is 0.200. The normalized spacial score (nSPS) is 17.6. The summed E-state index contributed by atoms with van der Waals surface area (Å²) in [6.45, 7) is 0. The Kier molecular flexibility index (Phi) is 2.82. The van der Waals surface area contributed by atoms with Crippen molar-refractivity contribution in [2.75, 3.05) is 0 Å². The first kappa shape index (κ1) is 12.2. The molecular weight excluding hydrogens is 251 g/mol. The number of rotatable bonds is 1. The molecule has 1 unspecified atom stereocenters. The maximum absolute atomic E-state index is 13.9. The van der Waals surface area contributed by atoms with Crippen LogP contribution in [0.1, 0.15) is 23.6 Å². The minimum absolute atomic E-state index is 0.0958. The molecule has 0 amide bonds. The lowest BCUT2D eigenvalue weighted by Crippen LogP contribution is -2.05. The molecule has 1 nitrogen and oxygen atoms in total. The first-order chi connectivity index (χ1) is 9.08. The zero-order valence-electron chi connectivity index (χ0n) is 10.1. The maximum Gasteiger partial charge on any atom is 0.136 e. The Hall–Kier alpha value is -1.81. The molecule has 0 fully saturated rings. The first-order valence-corrected chi connectivity index (χ1v) is 6.10. The quantitative estimate of drug-likeness (QED) is 0.833. The average molecular weight is 263 g/mol. The van der Waals surface area contributed by atoms with Gasteiger partial charge in [0, 0.05) is 18.2 Å². The van der Waals surface area contributed by atoms with Gasteiger partial charge in [-0.15, -0.1) is 0 Å². The Morgan fingerprint density at radius 2 is 1.74 bits per heavy atom. The van der Waals surface area contributed by atoms with Crippen molar-refractivity contribution in [1.29, 1.82) is 0 Å². The second kappa shape index (κ2) is 4.38. The minimum Gasteiger partial charge on any atom is -0.324 e. The molecule has 2 N–H and O–H groups in total. The summed E-state index contributed by atoms with van der Waals surface area (Å²) in [5, 5.41) is 0. The van der Waals surface area contributed by atoms with Crippen molar-refractivity contribution in [3.05, 3.63) is 58.9 Å². The highest BCUT2D eigenvalue weighted by Gasteiger charge is 2.24. The van der Waals surface area contributed by atoms with Gasteiger partial charge in [0.15, 0.2) is 0 Å². The van der Waals surface area contributed by atoms with Gasteiger partial charge in [0.1, 0.15) is 17.5 Å². The highest BCUT2D eigenvalue weighted by molar-refractivity contribution is 5.71. The summed E-state index contributed by atoms with van der Waals surface area (Å²) in [7, 11) is 0. The van der Waals surface area contributed by atoms with E-state index in [2.05, 4.69) is 0 Å². The highest BCUT2D eigenvalue weighted by atomic mass is 19.1. The molecule has 0 saturated heterocycles. The largest absolute Gasteiger partial charge is 0.324 e. The van der Waals surface area contributed by atoms with Gasteiger partial charge in [-0.2, -0.15) is 0 Å². The fourth-order valence-electron chi connectivity index (χ4n) is 2.72. The van der Waals surface area contributed by atoms with Gasteiger partial charge in [-0.05, 0) is 29.5 Å². The third-order valence-corrected chi connectivity index (χ3v) is 3.59. The SMILES string of the molecule is NC1CCc2c(-c3c(F)cc(F)cc3F)cccc21. The van der Waals surface area contributed by atoms with Crippen LogP contribution in [0.15, 0.2) is 30.3 Å². The number of benzene rings is 2. The molecule has 0 saturated carbocycles. The van der Waals surface area contributed by atoms with Crippen LogP contribution < -0.4 is 5.73 Å². The lowest BCUT2D eigenvalue weighted by Gasteiger charge is -2.11. The summed E-state index contributed by atoms with van der Waals surface area (Å²) < 4.78 is 40.7. The van der Waals surface area contributed by atoms with Crippen LogP contribution in [0.3, 0.4) is 0 Å². The molecule has 3 rings (SSSR count). The summed E-state index contributed by atoms with van der Waals surface area (Å²) in [4.78, 5) is 0. The zero-order chi connectivity index (χ0) is 13.6. The van der Waals surface area contributed by atoms with Crippen LogP contribution in [0.25, 0.3) is 11.1 Å². The van der Waals surface area contributed by atoms with E-state index >= 15 is 0 Å². The predicted octanol–water partition coefficient (Wildman–Crippen LogP) is 3.72. The van der Waals surface area contributed by atoms with Gasteiger partial charge < -0.3 is 5.73 Å². The molecule has 0 radical (unpaired) electrons. The van der Waals surface area contributed by atoms with Gasteiger partial charge in [0.25, 0.3) is 0 Å². The van der Waals surface area contributed by atoms with E-state index in [1.165, 1.54) is 0 Å². The van der Waals surface area contributed by atoms with Gasteiger partial charge in [-0.25, -0.2) is 13.2 Å². The molecule has 0 heterocycles. The molecule has 1 aliphatic carbocycles. The average Bonchev–Trinajstić information content (AvgIpc) is 2.71. The van der Waals surface area contributed by atoms with Crippen molar-refractivity contribution in [3.63, 3.8) is 0 Å². The number of nitrogens with two attached hydrogens (primary N) is 1. The van der Waals surface area contributed by atoms with Gasteiger partial charge in [-0.1, -0.05) is 18.2 Å². The molecule has 0 spiro atoms. The predicted molar refractivity (Wildman–Crippen MR) is 67.0 cm³/mol. The van der Waals surface area contributed by atoms with Crippen LogP contribution in [-0.2, 0) is 6.42 Å².